The van der Waals surface area contributed by atoms with Gasteiger partial charge in [0.25, 0.3) is 0 Å². The van der Waals surface area contributed by atoms with Gasteiger partial charge in [0.05, 0.1) is 11.8 Å². The second-order valence-corrected chi connectivity index (χ2v) is 10.1. The highest BCUT2D eigenvalue weighted by Gasteiger charge is 2.58. The first kappa shape index (κ1) is 17.6. The second kappa shape index (κ2) is 6.01. The Balaban J connectivity index is 1.52. The summed E-state index contributed by atoms with van der Waals surface area (Å²) in [4.78, 5) is 8.70. The smallest absolute Gasteiger partial charge is 0.116 e. The summed E-state index contributed by atoms with van der Waals surface area (Å²) in [6, 6.07) is 2.08. The molecule has 2 fully saturated rings. The van der Waals surface area contributed by atoms with Crippen molar-refractivity contribution in [3.05, 3.63) is 42.0 Å². The number of allylic oxidation sites excluding steroid dienone is 3. The fourth-order valence-corrected chi connectivity index (χ4v) is 7.42. The van der Waals surface area contributed by atoms with Crippen LogP contribution in [0.4, 0.5) is 0 Å². The van der Waals surface area contributed by atoms with Gasteiger partial charge in [-0.1, -0.05) is 38.5 Å². The van der Waals surface area contributed by atoms with Crippen molar-refractivity contribution in [2.75, 3.05) is 0 Å². The summed E-state index contributed by atoms with van der Waals surface area (Å²) >= 11 is 0. The van der Waals surface area contributed by atoms with E-state index in [0.29, 0.717) is 17.3 Å². The third-order valence-corrected chi connectivity index (χ3v) is 8.85. The highest BCUT2D eigenvalue weighted by Crippen LogP contribution is 2.67. The summed E-state index contributed by atoms with van der Waals surface area (Å²) in [6.45, 7) is 7.43. The van der Waals surface area contributed by atoms with Gasteiger partial charge in [-0.3, -0.25) is 0 Å². The van der Waals surface area contributed by atoms with Crippen molar-refractivity contribution in [2.45, 2.75) is 65.4 Å². The molecule has 2 saturated carbocycles. The minimum Gasteiger partial charge on any atom is -0.393 e. The number of aliphatic hydroxyl groups is 1. The molecule has 1 aromatic rings. The van der Waals surface area contributed by atoms with Gasteiger partial charge >= 0.3 is 0 Å². The molecule has 0 unspecified atom stereocenters. The van der Waals surface area contributed by atoms with Crippen molar-refractivity contribution in [1.29, 1.82) is 0 Å². The maximum atomic E-state index is 10.2. The number of aromatic nitrogens is 2. The lowest BCUT2D eigenvalue weighted by atomic mass is 9.45. The molecule has 7 atom stereocenters. The van der Waals surface area contributed by atoms with Gasteiger partial charge in [-0.2, -0.15) is 0 Å². The van der Waals surface area contributed by atoms with Crippen molar-refractivity contribution in [1.82, 2.24) is 9.97 Å². The van der Waals surface area contributed by atoms with E-state index in [1.165, 1.54) is 24.8 Å². The molecule has 0 saturated heterocycles. The van der Waals surface area contributed by atoms with E-state index in [1.54, 1.807) is 11.9 Å². The van der Waals surface area contributed by atoms with Gasteiger partial charge < -0.3 is 5.11 Å². The molecule has 0 amide bonds. The van der Waals surface area contributed by atoms with E-state index >= 15 is 0 Å². The van der Waals surface area contributed by atoms with Crippen molar-refractivity contribution >= 4 is 5.57 Å². The topological polar surface area (TPSA) is 46.0 Å². The van der Waals surface area contributed by atoms with Gasteiger partial charge in [-0.15, -0.1) is 0 Å². The highest BCUT2D eigenvalue weighted by atomic mass is 16.3. The zero-order valence-corrected chi connectivity index (χ0v) is 16.9. The van der Waals surface area contributed by atoms with Gasteiger partial charge in [0.15, 0.2) is 0 Å². The van der Waals surface area contributed by atoms with E-state index in [4.69, 9.17) is 0 Å². The molecule has 1 heterocycles. The highest BCUT2D eigenvalue weighted by molar-refractivity contribution is 5.70. The van der Waals surface area contributed by atoms with Crippen LogP contribution in [0.5, 0.6) is 0 Å². The predicted molar refractivity (Wildman–Crippen MR) is 108 cm³/mol. The van der Waals surface area contributed by atoms with Crippen LogP contribution >= 0.6 is 0 Å². The fraction of sp³-hybridized carbons (Fsp3) is 0.667. The summed E-state index contributed by atoms with van der Waals surface area (Å²) in [5.41, 5.74) is 4.68. The summed E-state index contributed by atoms with van der Waals surface area (Å²) in [5, 5.41) is 10.2. The maximum absolute atomic E-state index is 10.2. The molecule has 1 aromatic heterocycles. The number of nitrogens with zero attached hydrogens (tertiary/aromatic N) is 2. The Morgan fingerprint density at radius 1 is 1.11 bits per heavy atom. The van der Waals surface area contributed by atoms with E-state index in [-0.39, 0.29) is 11.5 Å². The van der Waals surface area contributed by atoms with E-state index in [2.05, 4.69) is 49.0 Å². The van der Waals surface area contributed by atoms with Crippen LogP contribution in [0.2, 0.25) is 0 Å². The zero-order chi connectivity index (χ0) is 18.8. The minimum atomic E-state index is -0.126. The Bertz CT molecular complexity index is 800. The summed E-state index contributed by atoms with van der Waals surface area (Å²) < 4.78 is 0. The first-order chi connectivity index (χ1) is 12.9. The van der Waals surface area contributed by atoms with Crippen LogP contribution < -0.4 is 0 Å². The third-order valence-electron chi connectivity index (χ3n) is 8.85. The Morgan fingerprint density at radius 3 is 2.70 bits per heavy atom. The quantitative estimate of drug-likeness (QED) is 0.710. The maximum Gasteiger partial charge on any atom is 0.116 e. The Labute approximate surface area is 163 Å². The van der Waals surface area contributed by atoms with Crippen LogP contribution in [-0.2, 0) is 0 Å². The molecule has 144 valence electrons. The second-order valence-electron chi connectivity index (χ2n) is 10.1. The van der Waals surface area contributed by atoms with Gasteiger partial charge in [0.2, 0.25) is 0 Å². The van der Waals surface area contributed by atoms with Crippen molar-refractivity contribution in [3.8, 4) is 0 Å². The van der Waals surface area contributed by atoms with Crippen molar-refractivity contribution in [3.63, 3.8) is 0 Å². The predicted octanol–water partition coefficient (Wildman–Crippen LogP) is 5.04. The van der Waals surface area contributed by atoms with Crippen LogP contribution in [0.1, 0.15) is 65.0 Å². The van der Waals surface area contributed by atoms with Crippen LogP contribution in [0.3, 0.4) is 0 Å². The van der Waals surface area contributed by atoms with Crippen LogP contribution in [0.25, 0.3) is 5.57 Å². The molecule has 0 spiro atoms. The molecular formula is C24H32N2O. The van der Waals surface area contributed by atoms with Crippen LogP contribution in [0.15, 0.2) is 36.3 Å². The molecule has 0 bridgehead atoms. The van der Waals surface area contributed by atoms with Crippen molar-refractivity contribution in [2.24, 2.45) is 34.5 Å². The van der Waals surface area contributed by atoms with Crippen LogP contribution in [-0.4, -0.2) is 21.2 Å². The molecule has 27 heavy (non-hydrogen) atoms. The van der Waals surface area contributed by atoms with Crippen LogP contribution in [0, 0.1) is 34.5 Å². The largest absolute Gasteiger partial charge is 0.393 e. The Morgan fingerprint density at radius 2 is 1.93 bits per heavy atom. The lowest BCUT2D eigenvalue weighted by molar-refractivity contribution is -0.0426. The SMILES string of the molecule is C[C@H]1C=C2C[C@H](O)CC[C@]2(C)[C@H]2CC[C@]3(C)C(c4ccncn4)=CC[C@H]3[C@H]12. The average molecular weight is 365 g/mol. The third kappa shape index (κ3) is 2.43. The normalized spacial score (nSPS) is 46.0. The Hall–Kier alpha value is -1.48. The van der Waals surface area contributed by atoms with Gasteiger partial charge in [0.1, 0.15) is 6.33 Å². The lowest BCUT2D eigenvalue weighted by Gasteiger charge is -2.59. The first-order valence-corrected chi connectivity index (χ1v) is 10.8. The molecule has 5 rings (SSSR count). The molecular weight excluding hydrogens is 332 g/mol. The fourth-order valence-electron chi connectivity index (χ4n) is 7.42. The standard InChI is InChI=1S/C24H32N2O/c1-15-12-16-13-17(27)6-9-23(16,2)20-7-10-24(3)18(4-5-19(24)22(15)20)21-8-11-25-14-26-21/h4,8,11-12,14-15,17,19-20,22,27H,5-7,9-10,13H2,1-3H3/t15-,17+,19-,20-,22-,23-,24+/m0/s1. The molecule has 0 aromatic carbocycles. The number of rotatable bonds is 1. The average Bonchev–Trinajstić information content (AvgIpc) is 3.01. The van der Waals surface area contributed by atoms with Gasteiger partial charge in [-0.25, -0.2) is 9.97 Å². The molecule has 3 heteroatoms. The molecule has 1 N–H and O–H groups in total. The molecule has 3 nitrogen and oxygen atoms in total. The molecule has 4 aliphatic carbocycles. The van der Waals surface area contributed by atoms with E-state index < -0.39 is 0 Å². The summed E-state index contributed by atoms with van der Waals surface area (Å²) in [7, 11) is 0. The molecule has 4 aliphatic rings. The lowest BCUT2D eigenvalue weighted by Crippen LogP contribution is -2.52. The van der Waals surface area contributed by atoms with Gasteiger partial charge in [0, 0.05) is 6.20 Å². The van der Waals surface area contributed by atoms with E-state index in [1.807, 2.05) is 6.20 Å². The van der Waals surface area contributed by atoms with Crippen molar-refractivity contribution < 1.29 is 5.11 Å². The number of hydrogen-bond acceptors (Lipinski definition) is 3. The van der Waals surface area contributed by atoms with E-state index in [9.17, 15) is 5.11 Å². The molecule has 0 aliphatic heterocycles. The number of aliphatic hydroxyl groups excluding tert-OH is 1. The van der Waals surface area contributed by atoms with Gasteiger partial charge in [-0.05, 0) is 84.7 Å². The zero-order valence-electron chi connectivity index (χ0n) is 16.9. The first-order valence-electron chi connectivity index (χ1n) is 10.8. The summed E-state index contributed by atoms with van der Waals surface area (Å²) in [6.07, 6.45) is 15.2. The van der Waals surface area contributed by atoms with E-state index in [0.717, 1.165) is 36.8 Å². The summed E-state index contributed by atoms with van der Waals surface area (Å²) in [5.74, 6) is 2.81. The minimum absolute atomic E-state index is 0.126. The number of hydrogen-bond donors (Lipinski definition) is 1. The number of fused-ring (bicyclic) bond motifs is 5. The monoisotopic (exact) mass is 364 g/mol. The molecule has 0 radical (unpaired) electrons. The Kier molecular flexibility index (Phi) is 3.92.